The van der Waals surface area contributed by atoms with Crippen LogP contribution in [-0.4, -0.2) is 44.7 Å². The summed E-state index contributed by atoms with van der Waals surface area (Å²) in [5.74, 6) is 0.916. The zero-order valence-corrected chi connectivity index (χ0v) is 16.5. The third kappa shape index (κ3) is 3.78. The molecule has 3 aromatic rings. The minimum Gasteiger partial charge on any atom is -0.440 e. The Morgan fingerprint density at radius 3 is 2.71 bits per heavy atom. The van der Waals surface area contributed by atoms with E-state index in [0.717, 1.165) is 24.1 Å². The van der Waals surface area contributed by atoms with Crippen LogP contribution in [0.3, 0.4) is 0 Å². The predicted octanol–water partition coefficient (Wildman–Crippen LogP) is 3.41. The second-order valence-electron chi connectivity index (χ2n) is 7.41. The van der Waals surface area contributed by atoms with Crippen LogP contribution in [0.5, 0.6) is 0 Å². The first-order valence-electron chi connectivity index (χ1n) is 9.58. The molecule has 2 aromatic heterocycles. The summed E-state index contributed by atoms with van der Waals surface area (Å²) in [7, 11) is 1.83. The van der Waals surface area contributed by atoms with E-state index in [0.29, 0.717) is 36.5 Å². The molecule has 3 heterocycles. The van der Waals surface area contributed by atoms with Crippen molar-refractivity contribution >= 4 is 11.6 Å². The van der Waals surface area contributed by atoms with Gasteiger partial charge in [0.15, 0.2) is 5.69 Å². The quantitative estimate of drug-likeness (QED) is 0.752. The Balaban J connectivity index is 1.39. The van der Waals surface area contributed by atoms with Crippen molar-refractivity contribution in [2.45, 2.75) is 32.7 Å². The summed E-state index contributed by atoms with van der Waals surface area (Å²) in [4.78, 5) is 19.2. The number of likely N-dealkylation sites (tertiary alicyclic amines) is 1. The van der Waals surface area contributed by atoms with Crippen molar-refractivity contribution < 1.29 is 9.21 Å². The molecule has 1 N–H and O–H groups in total. The molecule has 4 rings (SSSR count). The molecule has 28 heavy (non-hydrogen) atoms. The van der Waals surface area contributed by atoms with E-state index in [4.69, 9.17) is 4.42 Å². The van der Waals surface area contributed by atoms with Gasteiger partial charge in [0.1, 0.15) is 5.76 Å². The zero-order chi connectivity index (χ0) is 19.7. The molecule has 1 aliphatic rings. The van der Waals surface area contributed by atoms with Gasteiger partial charge in [-0.05, 0) is 44.4 Å². The van der Waals surface area contributed by atoms with E-state index in [1.807, 2.05) is 18.1 Å². The molecule has 1 fully saturated rings. The Kier molecular flexibility index (Phi) is 4.90. The highest BCUT2D eigenvalue weighted by atomic mass is 16.4. The van der Waals surface area contributed by atoms with Crippen molar-refractivity contribution in [1.82, 2.24) is 19.7 Å². The second-order valence-corrected chi connectivity index (χ2v) is 7.41. The minimum atomic E-state index is -0.0644. The lowest BCUT2D eigenvalue weighted by Gasteiger charge is -2.32. The number of carbonyl (C=O) groups is 1. The average molecular weight is 379 g/mol. The monoisotopic (exact) mass is 379 g/mol. The predicted molar refractivity (Wildman–Crippen MR) is 107 cm³/mol. The van der Waals surface area contributed by atoms with Gasteiger partial charge in [0, 0.05) is 38.1 Å². The van der Waals surface area contributed by atoms with Crippen molar-refractivity contribution in [3.8, 4) is 11.5 Å². The van der Waals surface area contributed by atoms with Crippen LogP contribution in [-0.2, 0) is 7.05 Å². The van der Waals surface area contributed by atoms with Gasteiger partial charge in [-0.3, -0.25) is 9.48 Å². The van der Waals surface area contributed by atoms with Crippen LogP contribution in [0.1, 0.15) is 34.7 Å². The normalized spacial score (nSPS) is 15.0. The smallest absolute Gasteiger partial charge is 0.276 e. The number of benzene rings is 1. The number of hydrogen-bond acceptors (Lipinski definition) is 5. The molecule has 0 unspecified atom stereocenters. The van der Waals surface area contributed by atoms with Crippen LogP contribution in [0, 0.1) is 13.8 Å². The van der Waals surface area contributed by atoms with Crippen LogP contribution >= 0.6 is 0 Å². The van der Waals surface area contributed by atoms with E-state index in [1.165, 1.54) is 5.56 Å². The van der Waals surface area contributed by atoms with E-state index in [-0.39, 0.29) is 5.91 Å². The first-order valence-corrected chi connectivity index (χ1v) is 9.58. The maximum atomic E-state index is 12.9. The number of hydrogen-bond donors (Lipinski definition) is 1. The topological polar surface area (TPSA) is 76.2 Å². The molecule has 1 aliphatic heterocycles. The summed E-state index contributed by atoms with van der Waals surface area (Å²) in [5, 5.41) is 7.71. The molecule has 0 bridgehead atoms. The van der Waals surface area contributed by atoms with Crippen molar-refractivity contribution in [3.05, 3.63) is 53.7 Å². The second kappa shape index (κ2) is 7.50. The molecular formula is C21H25N5O2. The lowest BCUT2D eigenvalue weighted by Crippen LogP contribution is -2.42. The molecule has 1 saturated heterocycles. The van der Waals surface area contributed by atoms with Crippen molar-refractivity contribution in [3.63, 3.8) is 0 Å². The molecule has 1 aromatic carbocycles. The van der Waals surface area contributed by atoms with Gasteiger partial charge in [0.25, 0.3) is 5.91 Å². The van der Waals surface area contributed by atoms with Crippen molar-refractivity contribution in [1.29, 1.82) is 0 Å². The average Bonchev–Trinajstić information content (AvgIpc) is 3.27. The number of nitrogens with one attached hydrogen (secondary N) is 1. The number of rotatable bonds is 4. The summed E-state index contributed by atoms with van der Waals surface area (Å²) >= 11 is 0. The van der Waals surface area contributed by atoms with Crippen LogP contribution in [0.25, 0.3) is 11.5 Å². The first-order chi connectivity index (χ1) is 13.5. The SMILES string of the molecule is Cc1cccc(NC2CCN(C(=O)c3nc(-c4cnn(C)c4)oc3C)CC2)c1. The van der Waals surface area contributed by atoms with E-state index >= 15 is 0 Å². The number of carbonyl (C=O) groups excluding carboxylic acids is 1. The Hall–Kier alpha value is -3.09. The zero-order valence-electron chi connectivity index (χ0n) is 16.5. The fourth-order valence-electron chi connectivity index (χ4n) is 3.60. The number of aromatic nitrogens is 3. The van der Waals surface area contributed by atoms with Gasteiger partial charge in [-0.15, -0.1) is 0 Å². The Bertz CT molecular complexity index is 982. The number of piperidine rings is 1. The van der Waals surface area contributed by atoms with Gasteiger partial charge in [0.2, 0.25) is 5.89 Å². The molecular weight excluding hydrogens is 354 g/mol. The van der Waals surface area contributed by atoms with Crippen LogP contribution in [0.4, 0.5) is 5.69 Å². The number of nitrogens with zero attached hydrogens (tertiary/aromatic N) is 4. The molecule has 7 heteroatoms. The molecule has 7 nitrogen and oxygen atoms in total. The molecule has 0 aliphatic carbocycles. The standard InChI is InChI=1S/C21H25N5O2/c1-14-5-4-6-18(11-14)23-17-7-9-26(10-8-17)21(27)19-15(2)28-20(24-19)16-12-22-25(3)13-16/h4-6,11-13,17,23H,7-10H2,1-3H3. The molecule has 146 valence electrons. The summed E-state index contributed by atoms with van der Waals surface area (Å²) in [6, 6.07) is 8.75. The lowest BCUT2D eigenvalue weighted by molar-refractivity contribution is 0.0711. The van der Waals surface area contributed by atoms with Gasteiger partial charge in [-0.1, -0.05) is 12.1 Å². The van der Waals surface area contributed by atoms with Gasteiger partial charge in [0.05, 0.1) is 11.8 Å². The largest absolute Gasteiger partial charge is 0.440 e. The third-order valence-electron chi connectivity index (χ3n) is 5.12. The van der Waals surface area contributed by atoms with E-state index in [2.05, 4.69) is 46.6 Å². The highest BCUT2D eigenvalue weighted by Gasteiger charge is 2.27. The fourth-order valence-corrected chi connectivity index (χ4v) is 3.60. The Labute approximate surface area is 164 Å². The Morgan fingerprint density at radius 1 is 1.25 bits per heavy atom. The number of anilines is 1. The van der Waals surface area contributed by atoms with Crippen molar-refractivity contribution in [2.24, 2.45) is 7.05 Å². The number of oxazole rings is 1. The van der Waals surface area contributed by atoms with Crippen LogP contribution in [0.15, 0.2) is 41.1 Å². The summed E-state index contributed by atoms with van der Waals surface area (Å²) in [6.07, 6.45) is 5.32. The summed E-state index contributed by atoms with van der Waals surface area (Å²) < 4.78 is 7.40. The van der Waals surface area contributed by atoms with Gasteiger partial charge in [-0.25, -0.2) is 4.98 Å². The fraction of sp³-hybridized carbons (Fsp3) is 0.381. The molecule has 1 amide bonds. The van der Waals surface area contributed by atoms with Crippen LogP contribution in [0.2, 0.25) is 0 Å². The third-order valence-corrected chi connectivity index (χ3v) is 5.12. The minimum absolute atomic E-state index is 0.0644. The molecule has 0 spiro atoms. The first kappa shape index (κ1) is 18.3. The summed E-state index contributed by atoms with van der Waals surface area (Å²) in [5.41, 5.74) is 3.54. The highest BCUT2D eigenvalue weighted by Crippen LogP contribution is 2.24. The summed E-state index contributed by atoms with van der Waals surface area (Å²) in [6.45, 7) is 5.28. The van der Waals surface area contributed by atoms with Gasteiger partial charge >= 0.3 is 0 Å². The molecule has 0 saturated carbocycles. The van der Waals surface area contributed by atoms with Gasteiger partial charge in [-0.2, -0.15) is 5.10 Å². The maximum absolute atomic E-state index is 12.9. The van der Waals surface area contributed by atoms with E-state index in [9.17, 15) is 4.79 Å². The van der Waals surface area contributed by atoms with Crippen molar-refractivity contribution in [2.75, 3.05) is 18.4 Å². The number of amides is 1. The Morgan fingerprint density at radius 2 is 2.04 bits per heavy atom. The lowest BCUT2D eigenvalue weighted by atomic mass is 10.0. The molecule has 0 atom stereocenters. The maximum Gasteiger partial charge on any atom is 0.276 e. The van der Waals surface area contributed by atoms with E-state index < -0.39 is 0 Å². The highest BCUT2D eigenvalue weighted by molar-refractivity contribution is 5.93. The van der Waals surface area contributed by atoms with E-state index in [1.54, 1.807) is 17.8 Å². The molecule has 0 radical (unpaired) electrons. The van der Waals surface area contributed by atoms with Crippen LogP contribution < -0.4 is 5.32 Å². The van der Waals surface area contributed by atoms with Gasteiger partial charge < -0.3 is 14.6 Å². The number of aryl methyl sites for hydroxylation is 3.